The van der Waals surface area contributed by atoms with Gasteiger partial charge >= 0.3 is 0 Å². The van der Waals surface area contributed by atoms with E-state index in [1.54, 1.807) is 0 Å². The Bertz CT molecular complexity index is 1100. The van der Waals surface area contributed by atoms with Gasteiger partial charge in [0.25, 0.3) is 0 Å². The fraction of sp³-hybridized carbons (Fsp3) is 0.444. The Morgan fingerprint density at radius 2 is 1.91 bits per heavy atom. The number of aromatic nitrogens is 2. The van der Waals surface area contributed by atoms with Gasteiger partial charge in [0.2, 0.25) is 17.6 Å². The van der Waals surface area contributed by atoms with E-state index in [1.165, 1.54) is 0 Å². The zero-order valence-electron chi connectivity index (χ0n) is 20.7. The Balaban J connectivity index is 1.34. The van der Waals surface area contributed by atoms with E-state index < -0.39 is 0 Å². The molecule has 1 aromatic heterocycles. The van der Waals surface area contributed by atoms with Gasteiger partial charge < -0.3 is 19.3 Å². The van der Waals surface area contributed by atoms with Gasteiger partial charge in [0, 0.05) is 12.1 Å². The average Bonchev–Trinajstić information content (AvgIpc) is 3.34. The first-order valence-corrected chi connectivity index (χ1v) is 12.4. The van der Waals surface area contributed by atoms with Crippen molar-refractivity contribution in [3.63, 3.8) is 0 Å². The Labute approximate surface area is 206 Å². The molecule has 8 heteroatoms. The minimum Gasteiger partial charge on any atom is -0.490 e. The summed E-state index contributed by atoms with van der Waals surface area (Å²) in [6.45, 7) is 9.10. The summed E-state index contributed by atoms with van der Waals surface area (Å²) in [6, 6.07) is 15.5. The molecule has 4 rings (SSSR count). The van der Waals surface area contributed by atoms with Gasteiger partial charge in [-0.1, -0.05) is 41.6 Å². The summed E-state index contributed by atoms with van der Waals surface area (Å²) in [5, 5.41) is 7.29. The molecule has 0 saturated carbocycles. The van der Waals surface area contributed by atoms with Gasteiger partial charge in [-0.25, -0.2) is 0 Å². The van der Waals surface area contributed by atoms with Crippen molar-refractivity contribution in [3.05, 3.63) is 60.0 Å². The zero-order valence-corrected chi connectivity index (χ0v) is 20.7. The van der Waals surface area contributed by atoms with Crippen molar-refractivity contribution in [1.82, 2.24) is 20.4 Å². The van der Waals surface area contributed by atoms with Crippen LogP contribution in [0.5, 0.6) is 11.5 Å². The van der Waals surface area contributed by atoms with Gasteiger partial charge in [0.15, 0.2) is 11.5 Å². The highest BCUT2D eigenvalue weighted by Gasteiger charge is 2.28. The first-order valence-electron chi connectivity index (χ1n) is 12.4. The number of amides is 1. The molecule has 2 aromatic carbocycles. The monoisotopic (exact) mass is 478 g/mol. The largest absolute Gasteiger partial charge is 0.490 e. The second-order valence-electron chi connectivity index (χ2n) is 8.75. The second kappa shape index (κ2) is 11.8. The van der Waals surface area contributed by atoms with Crippen LogP contribution in [0.3, 0.4) is 0 Å². The molecular formula is C27H34N4O4. The normalized spacial score (nSPS) is 17.1. The molecule has 8 nitrogen and oxygen atoms in total. The maximum absolute atomic E-state index is 13.1. The lowest BCUT2D eigenvalue weighted by atomic mass is 9.96. The highest BCUT2D eigenvalue weighted by atomic mass is 16.5. The number of nitrogens with one attached hydrogen (secondary N) is 1. The number of benzene rings is 2. The molecular weight excluding hydrogens is 444 g/mol. The molecule has 1 N–H and O–H groups in total. The summed E-state index contributed by atoms with van der Waals surface area (Å²) in [4.78, 5) is 19.9. The average molecular weight is 479 g/mol. The number of hydrogen-bond donors (Lipinski definition) is 1. The van der Waals surface area contributed by atoms with Crippen molar-refractivity contribution >= 4 is 5.91 Å². The van der Waals surface area contributed by atoms with Crippen molar-refractivity contribution < 1.29 is 18.8 Å². The van der Waals surface area contributed by atoms with Gasteiger partial charge in [-0.05, 0) is 57.9 Å². The predicted octanol–water partition coefficient (Wildman–Crippen LogP) is 4.62. The van der Waals surface area contributed by atoms with E-state index in [-0.39, 0.29) is 17.9 Å². The van der Waals surface area contributed by atoms with Gasteiger partial charge in [0.1, 0.15) is 0 Å². The van der Waals surface area contributed by atoms with E-state index >= 15 is 0 Å². The van der Waals surface area contributed by atoms with Gasteiger partial charge in [-0.15, -0.1) is 0 Å². The fourth-order valence-electron chi connectivity index (χ4n) is 4.38. The summed E-state index contributed by atoms with van der Waals surface area (Å²) >= 11 is 0. The topological polar surface area (TPSA) is 89.7 Å². The first-order chi connectivity index (χ1) is 17.1. The number of carbonyl (C=O) groups excluding carboxylic acids is 1. The SMILES string of the molecule is CCOc1ccc(C(C)NC(=O)C2CCCN(Cc3nc(-c4ccccc4)no3)C2)cc1OCC. The molecule has 0 spiro atoms. The van der Waals surface area contributed by atoms with Crippen LogP contribution in [0.1, 0.15) is 51.1 Å². The zero-order chi connectivity index (χ0) is 24.6. The summed E-state index contributed by atoms with van der Waals surface area (Å²) in [5.74, 6) is 2.54. The standard InChI is InChI=1S/C27H34N4O4/c1-4-33-23-14-13-21(16-24(23)34-5-2)19(3)28-27(32)22-12-9-15-31(17-22)18-25-29-26(30-35-25)20-10-7-6-8-11-20/h6-8,10-11,13-14,16,19,22H,4-5,9,12,15,17-18H2,1-3H3,(H,28,32). The van der Waals surface area contributed by atoms with E-state index in [0.717, 1.165) is 36.3 Å². The fourth-order valence-corrected chi connectivity index (χ4v) is 4.38. The van der Waals surface area contributed by atoms with Crippen LogP contribution < -0.4 is 14.8 Å². The lowest BCUT2D eigenvalue weighted by Crippen LogP contribution is -2.43. The molecule has 0 bridgehead atoms. The quantitative estimate of drug-likeness (QED) is 0.455. The van der Waals surface area contributed by atoms with E-state index in [2.05, 4.69) is 20.4 Å². The summed E-state index contributed by atoms with van der Waals surface area (Å²) in [7, 11) is 0. The number of nitrogens with zero attached hydrogens (tertiary/aromatic N) is 3. The molecule has 3 aromatic rings. The van der Waals surface area contributed by atoms with Crippen LogP contribution in [0.15, 0.2) is 53.1 Å². The number of carbonyl (C=O) groups is 1. The molecule has 2 atom stereocenters. The minimum atomic E-state index is -0.142. The van der Waals surface area contributed by atoms with Crippen LogP contribution in [0.4, 0.5) is 0 Å². The maximum Gasteiger partial charge on any atom is 0.241 e. The van der Waals surface area contributed by atoms with E-state index in [1.807, 2.05) is 69.3 Å². The van der Waals surface area contributed by atoms with E-state index in [9.17, 15) is 4.79 Å². The molecule has 0 radical (unpaired) electrons. The summed E-state index contributed by atoms with van der Waals surface area (Å²) in [5.41, 5.74) is 1.91. The summed E-state index contributed by atoms with van der Waals surface area (Å²) < 4.78 is 16.9. The number of piperidine rings is 1. The number of likely N-dealkylation sites (tertiary alicyclic amines) is 1. The van der Waals surface area contributed by atoms with Crippen molar-refractivity contribution in [1.29, 1.82) is 0 Å². The predicted molar refractivity (Wildman–Crippen MR) is 133 cm³/mol. The van der Waals surface area contributed by atoms with Crippen LogP contribution in [0.25, 0.3) is 11.4 Å². The molecule has 1 saturated heterocycles. The lowest BCUT2D eigenvalue weighted by molar-refractivity contribution is -0.127. The Kier molecular flexibility index (Phi) is 8.36. The molecule has 1 fully saturated rings. The van der Waals surface area contributed by atoms with E-state index in [4.69, 9.17) is 14.0 Å². The molecule has 1 aliphatic rings. The van der Waals surface area contributed by atoms with Gasteiger partial charge in [-0.2, -0.15) is 4.98 Å². The lowest BCUT2D eigenvalue weighted by Gasteiger charge is -2.31. The first kappa shape index (κ1) is 24.7. The van der Waals surface area contributed by atoms with E-state index in [0.29, 0.717) is 43.8 Å². The molecule has 2 heterocycles. The molecule has 2 unspecified atom stereocenters. The molecule has 186 valence electrons. The number of hydrogen-bond acceptors (Lipinski definition) is 7. The van der Waals surface area contributed by atoms with Crippen molar-refractivity contribution in [3.8, 4) is 22.9 Å². The van der Waals surface area contributed by atoms with Crippen LogP contribution >= 0.6 is 0 Å². The van der Waals surface area contributed by atoms with Crippen LogP contribution in [0, 0.1) is 5.92 Å². The summed E-state index contributed by atoms with van der Waals surface area (Å²) in [6.07, 6.45) is 1.81. The molecule has 35 heavy (non-hydrogen) atoms. The van der Waals surface area contributed by atoms with Crippen LogP contribution in [0.2, 0.25) is 0 Å². The number of rotatable bonds is 10. The third-order valence-electron chi connectivity index (χ3n) is 6.16. The third kappa shape index (κ3) is 6.39. The van der Waals surface area contributed by atoms with Crippen LogP contribution in [-0.4, -0.2) is 47.3 Å². The Morgan fingerprint density at radius 1 is 1.14 bits per heavy atom. The third-order valence-corrected chi connectivity index (χ3v) is 6.16. The Hall–Kier alpha value is -3.39. The van der Waals surface area contributed by atoms with Crippen molar-refractivity contribution in [2.45, 2.75) is 46.2 Å². The smallest absolute Gasteiger partial charge is 0.241 e. The highest BCUT2D eigenvalue weighted by Crippen LogP contribution is 2.31. The van der Waals surface area contributed by atoms with Crippen molar-refractivity contribution in [2.24, 2.45) is 5.92 Å². The molecule has 0 aliphatic carbocycles. The minimum absolute atomic E-state index is 0.0598. The Morgan fingerprint density at radius 3 is 2.69 bits per heavy atom. The maximum atomic E-state index is 13.1. The van der Waals surface area contributed by atoms with Crippen molar-refractivity contribution in [2.75, 3.05) is 26.3 Å². The molecule has 1 amide bonds. The number of ether oxygens (including phenoxy) is 2. The van der Waals surface area contributed by atoms with Crippen LogP contribution in [-0.2, 0) is 11.3 Å². The highest BCUT2D eigenvalue weighted by molar-refractivity contribution is 5.79. The van der Waals surface area contributed by atoms with Gasteiger partial charge in [0.05, 0.1) is 31.7 Å². The second-order valence-corrected chi connectivity index (χ2v) is 8.75. The molecule has 1 aliphatic heterocycles. The van der Waals surface area contributed by atoms with Gasteiger partial charge in [-0.3, -0.25) is 9.69 Å².